The van der Waals surface area contributed by atoms with Crippen molar-refractivity contribution in [3.63, 3.8) is 0 Å². The van der Waals surface area contributed by atoms with Crippen LogP contribution in [0.1, 0.15) is 58.9 Å². The van der Waals surface area contributed by atoms with E-state index in [1.54, 1.807) is 32.9 Å². The van der Waals surface area contributed by atoms with Gasteiger partial charge in [0.2, 0.25) is 0 Å². The number of rotatable bonds is 5. The van der Waals surface area contributed by atoms with Crippen molar-refractivity contribution in [2.24, 2.45) is 5.92 Å². The van der Waals surface area contributed by atoms with Gasteiger partial charge in [0.05, 0.1) is 7.11 Å². The molecule has 1 fully saturated rings. The molecule has 0 saturated heterocycles. The fraction of sp³-hybridized carbons (Fsp3) is 0.522. The second-order valence-electron chi connectivity index (χ2n) is 8.49. The summed E-state index contributed by atoms with van der Waals surface area (Å²) < 4.78 is 15.6. The Morgan fingerprint density at radius 3 is 2.50 bits per heavy atom. The zero-order valence-corrected chi connectivity index (χ0v) is 18.3. The molecule has 0 heterocycles. The van der Waals surface area contributed by atoms with E-state index >= 15 is 0 Å². The third kappa shape index (κ3) is 6.80. The number of hydrogen-bond acceptors (Lipinski definition) is 6. The van der Waals surface area contributed by atoms with E-state index in [0.29, 0.717) is 11.5 Å². The number of methoxy groups -OCH3 is 1. The van der Waals surface area contributed by atoms with Gasteiger partial charge in [0.25, 0.3) is 5.91 Å². The largest absolute Gasteiger partial charge is 0.514 e. The minimum atomic E-state index is -0.845. The predicted molar refractivity (Wildman–Crippen MR) is 113 cm³/mol. The van der Waals surface area contributed by atoms with Gasteiger partial charge >= 0.3 is 6.16 Å². The molecular weight excluding hydrogens is 384 g/mol. The summed E-state index contributed by atoms with van der Waals surface area (Å²) in [6.07, 6.45) is 4.90. The van der Waals surface area contributed by atoms with Crippen LogP contribution in [0.3, 0.4) is 0 Å². The number of nitrogens with zero attached hydrogens (tertiary/aromatic N) is 1. The molecule has 2 rings (SSSR count). The Morgan fingerprint density at radius 2 is 1.90 bits per heavy atom. The van der Waals surface area contributed by atoms with Crippen molar-refractivity contribution in [3.8, 4) is 17.6 Å². The highest BCUT2D eigenvalue weighted by Gasteiger charge is 2.24. The number of nitrogens with one attached hydrogen (secondary N) is 1. The van der Waals surface area contributed by atoms with E-state index in [1.165, 1.54) is 25.7 Å². The van der Waals surface area contributed by atoms with Crippen molar-refractivity contribution in [3.05, 3.63) is 29.3 Å². The molecule has 2 atom stereocenters. The third-order valence-electron chi connectivity index (χ3n) is 4.87. The molecular formula is C23H30N2O5. The van der Waals surface area contributed by atoms with Gasteiger partial charge in [-0.05, 0) is 63.3 Å². The smallest absolute Gasteiger partial charge is 0.493 e. The first kappa shape index (κ1) is 23.3. The Bertz CT molecular complexity index is 848. The van der Waals surface area contributed by atoms with E-state index < -0.39 is 11.8 Å². The molecule has 0 spiro atoms. The van der Waals surface area contributed by atoms with Gasteiger partial charge in [-0.15, -0.1) is 0 Å². The van der Waals surface area contributed by atoms with Crippen molar-refractivity contribution < 1.29 is 23.8 Å². The lowest BCUT2D eigenvalue weighted by Gasteiger charge is -2.29. The molecule has 0 radical (unpaired) electrons. The summed E-state index contributed by atoms with van der Waals surface area (Å²) >= 11 is 0. The zero-order chi connectivity index (χ0) is 22.3. The molecule has 1 aromatic carbocycles. The maximum absolute atomic E-state index is 12.6. The summed E-state index contributed by atoms with van der Waals surface area (Å²) in [7, 11) is 1.44. The van der Waals surface area contributed by atoms with E-state index in [0.717, 1.165) is 19.3 Å². The standard InChI is InChI=1S/C23H30N2O5/c1-15-8-6-7-9-18(15)25-21(26)17(14-24)12-16-10-11-19(20(13-16)28-5)29-22(27)30-23(2,3)4/h10-13,15,18H,6-9H2,1-5H3,(H,25,26)/b17-12+/t15-,18+/m0/s1. The SMILES string of the molecule is COc1cc(/C=C(\C#N)C(=O)N[C@@H]2CCCC[C@@H]2C)ccc1OC(=O)OC(C)(C)C. The summed E-state index contributed by atoms with van der Waals surface area (Å²) in [5, 5.41) is 12.4. The van der Waals surface area contributed by atoms with E-state index in [2.05, 4.69) is 12.2 Å². The van der Waals surface area contributed by atoms with Gasteiger partial charge in [0.1, 0.15) is 17.2 Å². The van der Waals surface area contributed by atoms with Crippen LogP contribution in [0.15, 0.2) is 23.8 Å². The monoisotopic (exact) mass is 414 g/mol. The summed E-state index contributed by atoms with van der Waals surface area (Å²) in [6.45, 7) is 7.33. The van der Waals surface area contributed by atoms with Gasteiger partial charge in [0.15, 0.2) is 11.5 Å². The number of carbonyl (C=O) groups excluding carboxylic acids is 2. The fourth-order valence-corrected chi connectivity index (χ4v) is 3.31. The van der Waals surface area contributed by atoms with Crippen LogP contribution in [0.4, 0.5) is 4.79 Å². The van der Waals surface area contributed by atoms with E-state index in [-0.39, 0.29) is 29.0 Å². The first-order valence-corrected chi connectivity index (χ1v) is 10.1. The van der Waals surface area contributed by atoms with Gasteiger partial charge < -0.3 is 19.5 Å². The molecule has 1 saturated carbocycles. The molecule has 1 aliphatic carbocycles. The molecule has 30 heavy (non-hydrogen) atoms. The van der Waals surface area contributed by atoms with E-state index in [9.17, 15) is 14.9 Å². The minimum Gasteiger partial charge on any atom is -0.493 e. The van der Waals surface area contributed by atoms with Crippen LogP contribution < -0.4 is 14.8 Å². The van der Waals surface area contributed by atoms with E-state index in [1.807, 2.05) is 6.07 Å². The van der Waals surface area contributed by atoms with Crippen molar-refractivity contribution in [2.45, 2.75) is 65.0 Å². The molecule has 1 N–H and O–H groups in total. The fourth-order valence-electron chi connectivity index (χ4n) is 3.31. The lowest BCUT2D eigenvalue weighted by atomic mass is 9.86. The van der Waals surface area contributed by atoms with Crippen LogP contribution in [0.5, 0.6) is 11.5 Å². The second-order valence-corrected chi connectivity index (χ2v) is 8.49. The molecule has 0 aromatic heterocycles. The van der Waals surface area contributed by atoms with Crippen molar-refractivity contribution in [1.29, 1.82) is 5.26 Å². The van der Waals surface area contributed by atoms with Gasteiger partial charge in [-0.25, -0.2) is 4.79 Å². The summed E-state index contributed by atoms with van der Waals surface area (Å²) in [4.78, 5) is 24.5. The number of carbonyl (C=O) groups is 2. The molecule has 0 aliphatic heterocycles. The Labute approximate surface area is 178 Å². The number of hydrogen-bond donors (Lipinski definition) is 1. The molecule has 162 valence electrons. The van der Waals surface area contributed by atoms with Gasteiger partial charge in [-0.1, -0.05) is 25.8 Å². The van der Waals surface area contributed by atoms with Crippen LogP contribution in [-0.4, -0.2) is 30.8 Å². The Hall–Kier alpha value is -3.01. The summed E-state index contributed by atoms with van der Waals surface area (Å²) in [5.41, 5.74) is -0.0971. The highest BCUT2D eigenvalue weighted by atomic mass is 16.7. The number of amides is 1. The Kier molecular flexibility index (Phi) is 7.87. The lowest BCUT2D eigenvalue weighted by Crippen LogP contribution is -2.41. The van der Waals surface area contributed by atoms with Gasteiger partial charge in [-0.3, -0.25) is 4.79 Å². The van der Waals surface area contributed by atoms with Crippen LogP contribution >= 0.6 is 0 Å². The normalized spacial score (nSPS) is 19.4. The average Bonchev–Trinajstić information content (AvgIpc) is 2.67. The second kappa shape index (κ2) is 10.1. The number of benzene rings is 1. The average molecular weight is 415 g/mol. The quantitative estimate of drug-likeness (QED) is 0.327. The third-order valence-corrected chi connectivity index (χ3v) is 4.87. The number of nitriles is 1. The van der Waals surface area contributed by atoms with E-state index in [4.69, 9.17) is 14.2 Å². The van der Waals surface area contributed by atoms with Crippen LogP contribution in [-0.2, 0) is 9.53 Å². The number of ether oxygens (including phenoxy) is 3. The Balaban J connectivity index is 2.15. The van der Waals surface area contributed by atoms with Crippen molar-refractivity contribution in [2.75, 3.05) is 7.11 Å². The summed E-state index contributed by atoms with van der Waals surface area (Å²) in [6, 6.07) is 6.81. The van der Waals surface area contributed by atoms with Gasteiger partial charge in [0, 0.05) is 6.04 Å². The predicted octanol–water partition coefficient (Wildman–Crippen LogP) is 4.61. The molecule has 1 amide bonds. The lowest BCUT2D eigenvalue weighted by molar-refractivity contribution is -0.118. The maximum atomic E-state index is 12.6. The van der Waals surface area contributed by atoms with Crippen molar-refractivity contribution in [1.82, 2.24) is 5.32 Å². The minimum absolute atomic E-state index is 0.00985. The van der Waals surface area contributed by atoms with Crippen LogP contribution in [0.25, 0.3) is 6.08 Å². The van der Waals surface area contributed by atoms with Crippen LogP contribution in [0, 0.1) is 17.2 Å². The Morgan fingerprint density at radius 1 is 1.20 bits per heavy atom. The highest BCUT2D eigenvalue weighted by molar-refractivity contribution is 6.01. The molecule has 0 bridgehead atoms. The molecule has 1 aliphatic rings. The molecule has 7 heteroatoms. The highest BCUT2D eigenvalue weighted by Crippen LogP contribution is 2.30. The van der Waals surface area contributed by atoms with Crippen LogP contribution in [0.2, 0.25) is 0 Å². The summed E-state index contributed by atoms with van der Waals surface area (Å²) in [5.74, 6) is 0.479. The zero-order valence-electron chi connectivity index (χ0n) is 18.3. The first-order valence-electron chi connectivity index (χ1n) is 10.1. The topological polar surface area (TPSA) is 97.6 Å². The van der Waals surface area contributed by atoms with Crippen molar-refractivity contribution >= 4 is 18.1 Å². The molecule has 7 nitrogen and oxygen atoms in total. The maximum Gasteiger partial charge on any atom is 0.514 e. The van der Waals surface area contributed by atoms with Gasteiger partial charge in [-0.2, -0.15) is 5.26 Å². The first-order chi connectivity index (χ1) is 14.1. The molecule has 1 aromatic rings. The molecule has 0 unspecified atom stereocenters.